The number of nitrogens with zero attached hydrogens (tertiary/aromatic N) is 2. The van der Waals surface area contributed by atoms with E-state index in [1.165, 1.54) is 0 Å². The van der Waals surface area contributed by atoms with Gasteiger partial charge >= 0.3 is 0 Å². The normalized spacial score (nSPS) is 26.5. The molecule has 2 fully saturated rings. The number of hydrogen-bond donors (Lipinski definition) is 0. The van der Waals surface area contributed by atoms with Gasteiger partial charge in [-0.1, -0.05) is 0 Å². The third-order valence-corrected chi connectivity index (χ3v) is 4.15. The second-order valence-electron chi connectivity index (χ2n) is 3.14. The maximum Gasteiger partial charge on any atom is 0.246 e. The summed E-state index contributed by atoms with van der Waals surface area (Å²) in [6.45, 7) is 3.00. The third kappa shape index (κ3) is 2.33. The van der Waals surface area contributed by atoms with Crippen LogP contribution in [0, 0.1) is 0 Å². The summed E-state index contributed by atoms with van der Waals surface area (Å²) >= 11 is 3.73. The number of amides is 1. The van der Waals surface area contributed by atoms with Gasteiger partial charge in [-0.25, -0.2) is 5.01 Å². The van der Waals surface area contributed by atoms with Crippen LogP contribution in [0.15, 0.2) is 0 Å². The molecule has 2 aliphatic rings. The molecule has 2 aliphatic heterocycles. The van der Waals surface area contributed by atoms with E-state index in [1.54, 1.807) is 11.8 Å². The van der Waals surface area contributed by atoms with Crippen LogP contribution < -0.4 is 0 Å². The van der Waals surface area contributed by atoms with Gasteiger partial charge in [-0.05, 0) is 0 Å². The van der Waals surface area contributed by atoms with E-state index >= 15 is 0 Å². The van der Waals surface area contributed by atoms with Crippen LogP contribution in [0.5, 0.6) is 0 Å². The number of hydrazine groups is 1. The van der Waals surface area contributed by atoms with Gasteiger partial charge in [0.1, 0.15) is 0 Å². The van der Waals surface area contributed by atoms with Gasteiger partial charge in [-0.3, -0.25) is 9.80 Å². The molecule has 0 aliphatic carbocycles. The molecule has 0 unspecified atom stereocenters. The summed E-state index contributed by atoms with van der Waals surface area (Å²) in [5, 5.41) is 4.18. The standard InChI is InChI=1S/C8H14N2OS2/c11-8-7-13-6-3-10(8)9-1-4-12-5-2-9/h1-7H2. The first-order valence-corrected chi connectivity index (χ1v) is 6.89. The fourth-order valence-electron chi connectivity index (χ4n) is 1.60. The zero-order valence-corrected chi connectivity index (χ0v) is 9.20. The van der Waals surface area contributed by atoms with Gasteiger partial charge in [0, 0.05) is 36.9 Å². The van der Waals surface area contributed by atoms with Crippen molar-refractivity contribution in [1.82, 2.24) is 10.0 Å². The molecule has 74 valence electrons. The average Bonchev–Trinajstić information content (AvgIpc) is 2.20. The van der Waals surface area contributed by atoms with Crippen LogP contribution in [-0.4, -0.2) is 58.6 Å². The summed E-state index contributed by atoms with van der Waals surface area (Å²) in [7, 11) is 0. The van der Waals surface area contributed by atoms with Crippen molar-refractivity contribution in [3.63, 3.8) is 0 Å². The highest BCUT2D eigenvalue weighted by Gasteiger charge is 2.25. The van der Waals surface area contributed by atoms with Crippen LogP contribution in [0.1, 0.15) is 0 Å². The second-order valence-corrected chi connectivity index (χ2v) is 5.47. The third-order valence-electron chi connectivity index (χ3n) is 2.29. The van der Waals surface area contributed by atoms with E-state index in [2.05, 4.69) is 5.01 Å². The highest BCUT2D eigenvalue weighted by Crippen LogP contribution is 2.17. The molecular weight excluding hydrogens is 204 g/mol. The van der Waals surface area contributed by atoms with E-state index in [0.717, 1.165) is 36.9 Å². The smallest absolute Gasteiger partial charge is 0.246 e. The van der Waals surface area contributed by atoms with Gasteiger partial charge in [0.2, 0.25) is 5.91 Å². The Balaban J connectivity index is 1.92. The molecule has 1 amide bonds. The summed E-state index contributed by atoms with van der Waals surface area (Å²) in [6.07, 6.45) is 0. The van der Waals surface area contributed by atoms with Gasteiger partial charge in [0.05, 0.1) is 5.75 Å². The molecule has 0 spiro atoms. The molecule has 0 atom stereocenters. The Bertz CT molecular complexity index is 195. The maximum atomic E-state index is 11.6. The Labute approximate surface area is 87.2 Å². The van der Waals surface area contributed by atoms with Crippen LogP contribution in [0.2, 0.25) is 0 Å². The molecule has 13 heavy (non-hydrogen) atoms. The Hall–Kier alpha value is 0.130. The first-order valence-electron chi connectivity index (χ1n) is 4.58. The largest absolute Gasteiger partial charge is 0.274 e. The predicted octanol–water partition coefficient (Wildman–Crippen LogP) is 0.526. The SMILES string of the molecule is O=C1CSCCN1N1CCSCC1. The molecule has 0 saturated carbocycles. The molecule has 0 N–H and O–H groups in total. The quantitative estimate of drug-likeness (QED) is 0.640. The van der Waals surface area contributed by atoms with Crippen molar-refractivity contribution in [3.05, 3.63) is 0 Å². The van der Waals surface area contributed by atoms with Crippen molar-refractivity contribution in [1.29, 1.82) is 0 Å². The van der Waals surface area contributed by atoms with Crippen molar-refractivity contribution in [3.8, 4) is 0 Å². The lowest BCUT2D eigenvalue weighted by Crippen LogP contribution is -2.53. The topological polar surface area (TPSA) is 23.6 Å². The lowest BCUT2D eigenvalue weighted by Gasteiger charge is -2.38. The zero-order valence-electron chi connectivity index (χ0n) is 7.57. The fourth-order valence-corrected chi connectivity index (χ4v) is 3.26. The summed E-state index contributed by atoms with van der Waals surface area (Å²) in [5.74, 6) is 4.38. The van der Waals surface area contributed by atoms with Gasteiger partial charge in [-0.2, -0.15) is 23.5 Å². The van der Waals surface area contributed by atoms with Crippen molar-refractivity contribution in [2.45, 2.75) is 0 Å². The predicted molar refractivity (Wildman–Crippen MR) is 57.9 cm³/mol. The van der Waals surface area contributed by atoms with Crippen LogP contribution in [0.25, 0.3) is 0 Å². The van der Waals surface area contributed by atoms with E-state index in [9.17, 15) is 4.79 Å². The van der Waals surface area contributed by atoms with E-state index in [-0.39, 0.29) is 0 Å². The van der Waals surface area contributed by atoms with Crippen LogP contribution >= 0.6 is 23.5 Å². The molecule has 2 rings (SSSR count). The van der Waals surface area contributed by atoms with Crippen LogP contribution in [0.3, 0.4) is 0 Å². The number of carbonyl (C=O) groups excluding carboxylic acids is 1. The Kier molecular flexibility index (Phi) is 3.40. The monoisotopic (exact) mass is 218 g/mol. The number of rotatable bonds is 1. The first-order chi connectivity index (χ1) is 6.38. The molecular formula is C8H14N2OS2. The zero-order chi connectivity index (χ0) is 9.10. The summed E-state index contributed by atoms with van der Waals surface area (Å²) in [6, 6.07) is 0. The molecule has 0 aromatic heterocycles. The minimum atomic E-state index is 0.295. The number of thioether (sulfide) groups is 2. The lowest BCUT2D eigenvalue weighted by molar-refractivity contribution is -0.145. The number of hydrogen-bond acceptors (Lipinski definition) is 4. The van der Waals surface area contributed by atoms with Gasteiger partial charge in [-0.15, -0.1) is 0 Å². The highest BCUT2D eigenvalue weighted by atomic mass is 32.2. The minimum Gasteiger partial charge on any atom is -0.274 e. The minimum absolute atomic E-state index is 0.295. The van der Waals surface area contributed by atoms with Crippen molar-refractivity contribution >= 4 is 29.4 Å². The molecule has 0 radical (unpaired) electrons. The highest BCUT2D eigenvalue weighted by molar-refractivity contribution is 8.00. The Morgan fingerprint density at radius 3 is 2.38 bits per heavy atom. The van der Waals surface area contributed by atoms with Gasteiger partial charge in [0.25, 0.3) is 0 Å². The molecule has 3 nitrogen and oxygen atoms in total. The summed E-state index contributed by atoms with van der Waals surface area (Å²) < 4.78 is 0. The van der Waals surface area contributed by atoms with Crippen LogP contribution in [0.4, 0.5) is 0 Å². The van der Waals surface area contributed by atoms with E-state index in [4.69, 9.17) is 0 Å². The van der Waals surface area contributed by atoms with Crippen molar-refractivity contribution < 1.29 is 4.79 Å². The fraction of sp³-hybridized carbons (Fsp3) is 0.875. The number of carbonyl (C=O) groups is 1. The van der Waals surface area contributed by atoms with E-state index < -0.39 is 0 Å². The summed E-state index contributed by atoms with van der Waals surface area (Å²) in [5.41, 5.74) is 0. The second kappa shape index (κ2) is 4.57. The maximum absolute atomic E-state index is 11.6. The average molecular weight is 218 g/mol. The molecule has 2 saturated heterocycles. The summed E-state index contributed by atoms with van der Waals surface area (Å²) in [4.78, 5) is 11.6. The molecule has 0 aromatic carbocycles. The van der Waals surface area contributed by atoms with Crippen molar-refractivity contribution in [2.24, 2.45) is 0 Å². The molecule has 5 heteroatoms. The Morgan fingerprint density at radius 2 is 1.69 bits per heavy atom. The molecule has 0 bridgehead atoms. The lowest BCUT2D eigenvalue weighted by atomic mass is 10.5. The van der Waals surface area contributed by atoms with E-state index in [1.807, 2.05) is 16.8 Å². The van der Waals surface area contributed by atoms with Crippen LogP contribution in [-0.2, 0) is 4.79 Å². The first kappa shape index (κ1) is 9.68. The van der Waals surface area contributed by atoms with Crippen molar-refractivity contribution in [2.75, 3.05) is 42.6 Å². The van der Waals surface area contributed by atoms with Gasteiger partial charge < -0.3 is 0 Å². The molecule has 0 aromatic rings. The van der Waals surface area contributed by atoms with E-state index in [0.29, 0.717) is 11.7 Å². The van der Waals surface area contributed by atoms with Gasteiger partial charge in [0.15, 0.2) is 0 Å². The Morgan fingerprint density at radius 1 is 1.00 bits per heavy atom. The molecule has 2 heterocycles.